The van der Waals surface area contributed by atoms with Gasteiger partial charge in [-0.25, -0.2) is 0 Å². The molecule has 1 N–H and O–H groups in total. The normalized spacial score (nSPS) is 28.0. The molecule has 9 heteroatoms. The second kappa shape index (κ2) is 5.80. The summed E-state index contributed by atoms with van der Waals surface area (Å²) in [6.07, 6.45) is -3.89. The van der Waals surface area contributed by atoms with Gasteiger partial charge in [-0.1, -0.05) is 0 Å². The number of furan rings is 1. The number of halogens is 3. The van der Waals surface area contributed by atoms with Gasteiger partial charge in [0, 0.05) is 25.9 Å². The maximum absolute atomic E-state index is 12.8. The zero-order valence-electron chi connectivity index (χ0n) is 12.8. The van der Waals surface area contributed by atoms with E-state index in [1.54, 1.807) is 12.1 Å². The maximum Gasteiger partial charge on any atom is 0.419 e. The fourth-order valence-electron chi connectivity index (χ4n) is 3.15. The van der Waals surface area contributed by atoms with Gasteiger partial charge < -0.3 is 19.3 Å². The van der Waals surface area contributed by atoms with Crippen molar-refractivity contribution in [1.82, 2.24) is 9.80 Å². The number of carbonyl (C=O) groups excluding carboxylic acids is 2. The molecule has 132 valence electrons. The van der Waals surface area contributed by atoms with Crippen LogP contribution < -0.4 is 0 Å². The minimum absolute atomic E-state index is 0.0412. The number of hydrogen-bond donors (Lipinski definition) is 1. The highest BCUT2D eigenvalue weighted by Crippen LogP contribution is 2.38. The van der Waals surface area contributed by atoms with Crippen LogP contribution in [0.4, 0.5) is 13.2 Å². The van der Waals surface area contributed by atoms with E-state index in [0.717, 1.165) is 4.90 Å². The number of aliphatic hydroxyl groups is 1. The van der Waals surface area contributed by atoms with Crippen LogP contribution in [0.5, 0.6) is 0 Å². The number of carbonyl (C=O) groups is 2. The van der Waals surface area contributed by atoms with Gasteiger partial charge in [-0.15, -0.1) is 0 Å². The molecule has 2 fully saturated rings. The number of rotatable bonds is 3. The Morgan fingerprint density at radius 2 is 2.21 bits per heavy atom. The van der Waals surface area contributed by atoms with Gasteiger partial charge in [0.05, 0.1) is 25.3 Å². The van der Waals surface area contributed by atoms with Crippen LogP contribution >= 0.6 is 0 Å². The third-order valence-corrected chi connectivity index (χ3v) is 4.58. The smallest absolute Gasteiger partial charge is 0.419 e. The highest BCUT2D eigenvalue weighted by molar-refractivity contribution is 5.89. The Morgan fingerprint density at radius 1 is 1.46 bits per heavy atom. The summed E-state index contributed by atoms with van der Waals surface area (Å²) in [5.74, 6) is -0.882. The first-order chi connectivity index (χ1) is 11.2. The molecule has 1 aromatic heterocycles. The lowest BCUT2D eigenvalue weighted by molar-refractivity contribution is -0.253. The number of alkyl halides is 3. The molecule has 0 spiro atoms. The van der Waals surface area contributed by atoms with Crippen molar-refractivity contribution >= 4 is 11.8 Å². The third kappa shape index (κ3) is 3.00. The van der Waals surface area contributed by atoms with Crippen LogP contribution in [0.2, 0.25) is 0 Å². The van der Waals surface area contributed by atoms with Crippen molar-refractivity contribution in [2.75, 3.05) is 19.6 Å². The number of nitrogens with zero attached hydrogens (tertiary/aromatic N) is 2. The maximum atomic E-state index is 12.8. The Kier molecular flexibility index (Phi) is 4.06. The van der Waals surface area contributed by atoms with Crippen molar-refractivity contribution in [3.05, 3.63) is 24.2 Å². The lowest BCUT2D eigenvalue weighted by atomic mass is 10.0. The molecule has 0 aliphatic carbocycles. The predicted octanol–water partition coefficient (Wildman–Crippen LogP) is 1.15. The van der Waals surface area contributed by atoms with E-state index in [9.17, 15) is 27.9 Å². The van der Waals surface area contributed by atoms with Gasteiger partial charge in [0.2, 0.25) is 11.8 Å². The van der Waals surface area contributed by atoms with E-state index in [4.69, 9.17) is 4.42 Å². The van der Waals surface area contributed by atoms with E-state index in [2.05, 4.69) is 0 Å². The van der Waals surface area contributed by atoms with Crippen LogP contribution in [0.25, 0.3) is 0 Å². The fraction of sp³-hybridized carbons (Fsp3) is 0.600. The molecule has 24 heavy (non-hydrogen) atoms. The van der Waals surface area contributed by atoms with E-state index in [-0.39, 0.29) is 32.0 Å². The summed E-state index contributed by atoms with van der Waals surface area (Å²) < 4.78 is 43.7. The summed E-state index contributed by atoms with van der Waals surface area (Å²) in [5.41, 5.74) is -2.86. The SMILES string of the molecule is O=C1CC(C(=O)N2CCC(O)(C(F)(F)F)C2)CN1Cc1ccco1. The Bertz CT molecular complexity index is 631. The highest BCUT2D eigenvalue weighted by Gasteiger charge is 2.58. The average molecular weight is 346 g/mol. The average Bonchev–Trinajstić information content (AvgIpc) is 3.20. The molecule has 3 heterocycles. The number of amides is 2. The van der Waals surface area contributed by atoms with Crippen LogP contribution in [0.15, 0.2) is 22.8 Å². The van der Waals surface area contributed by atoms with E-state index < -0.39 is 36.6 Å². The third-order valence-electron chi connectivity index (χ3n) is 4.58. The second-order valence-corrected chi connectivity index (χ2v) is 6.29. The van der Waals surface area contributed by atoms with Crippen molar-refractivity contribution < 1.29 is 32.3 Å². The van der Waals surface area contributed by atoms with Gasteiger partial charge in [-0.2, -0.15) is 13.2 Å². The summed E-state index contributed by atoms with van der Waals surface area (Å²) >= 11 is 0. The summed E-state index contributed by atoms with van der Waals surface area (Å²) in [5, 5.41) is 9.66. The number of likely N-dealkylation sites (tertiary alicyclic amines) is 2. The quantitative estimate of drug-likeness (QED) is 0.891. The van der Waals surface area contributed by atoms with Crippen molar-refractivity contribution in [3.8, 4) is 0 Å². The van der Waals surface area contributed by atoms with E-state index in [1.807, 2.05) is 0 Å². The Hall–Kier alpha value is -2.03. The van der Waals surface area contributed by atoms with Crippen molar-refractivity contribution in [3.63, 3.8) is 0 Å². The molecule has 2 unspecified atom stereocenters. The standard InChI is InChI=1S/C15H17F3N2O4/c16-15(17,18)14(23)3-4-19(9-14)13(22)10-6-12(21)20(7-10)8-11-2-1-5-24-11/h1-2,5,10,23H,3-4,6-9H2. The van der Waals surface area contributed by atoms with Crippen molar-refractivity contribution in [2.24, 2.45) is 5.92 Å². The molecule has 0 bridgehead atoms. The topological polar surface area (TPSA) is 74.0 Å². The highest BCUT2D eigenvalue weighted by atomic mass is 19.4. The van der Waals surface area contributed by atoms with Crippen LogP contribution in [-0.4, -0.2) is 58.1 Å². The van der Waals surface area contributed by atoms with E-state index in [1.165, 1.54) is 11.2 Å². The van der Waals surface area contributed by atoms with Crippen LogP contribution in [0.1, 0.15) is 18.6 Å². The molecule has 1 aromatic rings. The Labute approximate surface area is 135 Å². The second-order valence-electron chi connectivity index (χ2n) is 6.29. The molecule has 0 saturated carbocycles. The van der Waals surface area contributed by atoms with Gasteiger partial charge in [-0.3, -0.25) is 9.59 Å². The molecule has 2 amide bonds. The largest absolute Gasteiger partial charge is 0.467 e. The van der Waals surface area contributed by atoms with Gasteiger partial charge in [0.1, 0.15) is 5.76 Å². The molecule has 2 aliphatic heterocycles. The van der Waals surface area contributed by atoms with Crippen molar-refractivity contribution in [1.29, 1.82) is 0 Å². The monoisotopic (exact) mass is 346 g/mol. The first-order valence-electron chi connectivity index (χ1n) is 7.58. The predicted molar refractivity (Wildman–Crippen MR) is 74.4 cm³/mol. The Morgan fingerprint density at radius 3 is 2.79 bits per heavy atom. The van der Waals surface area contributed by atoms with Gasteiger partial charge in [0.15, 0.2) is 5.60 Å². The molecule has 6 nitrogen and oxygen atoms in total. The van der Waals surface area contributed by atoms with Gasteiger partial charge >= 0.3 is 6.18 Å². The molecule has 0 aromatic carbocycles. The lowest BCUT2D eigenvalue weighted by Crippen LogP contribution is -2.48. The molecule has 2 atom stereocenters. The van der Waals surface area contributed by atoms with Crippen molar-refractivity contribution in [2.45, 2.75) is 31.2 Å². The van der Waals surface area contributed by atoms with E-state index in [0.29, 0.717) is 5.76 Å². The number of hydrogen-bond acceptors (Lipinski definition) is 4. The summed E-state index contributed by atoms with van der Waals surface area (Å²) in [6, 6.07) is 3.38. The minimum Gasteiger partial charge on any atom is -0.467 e. The molecule has 2 aliphatic rings. The van der Waals surface area contributed by atoms with Gasteiger partial charge in [-0.05, 0) is 12.1 Å². The summed E-state index contributed by atoms with van der Waals surface area (Å²) in [7, 11) is 0. The number of β-amino-alcohol motifs (C(OH)–C–C–N with tert-alkyl or cyclic N) is 1. The molecule has 2 saturated heterocycles. The minimum atomic E-state index is -4.78. The fourth-order valence-corrected chi connectivity index (χ4v) is 3.15. The lowest BCUT2D eigenvalue weighted by Gasteiger charge is -2.26. The van der Waals surface area contributed by atoms with Crippen LogP contribution in [-0.2, 0) is 16.1 Å². The Balaban J connectivity index is 1.62. The van der Waals surface area contributed by atoms with Crippen LogP contribution in [0.3, 0.4) is 0 Å². The molecule has 3 rings (SSSR count). The molecular formula is C15H17F3N2O4. The zero-order valence-corrected chi connectivity index (χ0v) is 12.8. The first kappa shape index (κ1) is 16.8. The van der Waals surface area contributed by atoms with Crippen LogP contribution in [0, 0.1) is 5.92 Å². The summed E-state index contributed by atoms with van der Waals surface area (Å²) in [4.78, 5) is 26.9. The zero-order chi connectivity index (χ0) is 17.5. The summed E-state index contributed by atoms with van der Waals surface area (Å²) in [6.45, 7) is -0.586. The molecule has 0 radical (unpaired) electrons. The van der Waals surface area contributed by atoms with Gasteiger partial charge in [0.25, 0.3) is 0 Å². The van der Waals surface area contributed by atoms with E-state index >= 15 is 0 Å². The molecular weight excluding hydrogens is 329 g/mol. The first-order valence-corrected chi connectivity index (χ1v) is 7.58.